The first-order valence-corrected chi connectivity index (χ1v) is 11.3. The van der Waals surface area contributed by atoms with Crippen molar-refractivity contribution in [2.45, 2.75) is 44.3 Å². The summed E-state index contributed by atoms with van der Waals surface area (Å²) in [4.78, 5) is 20.5. The van der Waals surface area contributed by atoms with Crippen LogP contribution in [0.3, 0.4) is 0 Å². The van der Waals surface area contributed by atoms with Gasteiger partial charge in [0.15, 0.2) is 5.16 Å². The number of aryl methyl sites for hydroxylation is 2. The number of benzene rings is 1. The Balaban J connectivity index is 1.68. The summed E-state index contributed by atoms with van der Waals surface area (Å²) in [5.41, 5.74) is 2.67. The second-order valence-electron chi connectivity index (χ2n) is 7.21. The van der Waals surface area contributed by atoms with Gasteiger partial charge >= 0.3 is 0 Å². The van der Waals surface area contributed by atoms with Crippen LogP contribution in [0.5, 0.6) is 0 Å². The Morgan fingerprint density at radius 1 is 1.37 bits per heavy atom. The molecule has 27 heavy (non-hydrogen) atoms. The van der Waals surface area contributed by atoms with E-state index in [-0.39, 0.29) is 5.56 Å². The number of aromatic nitrogens is 2. The molecule has 140 valence electrons. The largest absolute Gasteiger partial charge is 0.283 e. The Bertz CT molecular complexity index is 1020. The minimum Gasteiger partial charge on any atom is -0.283 e. The molecule has 0 amide bonds. The monoisotopic (exact) mass is 396 g/mol. The van der Waals surface area contributed by atoms with E-state index in [2.05, 4.69) is 37.8 Å². The number of hydrogen-bond acceptors (Lipinski definition) is 4. The molecule has 1 aliphatic rings. The summed E-state index contributed by atoms with van der Waals surface area (Å²) >= 11 is 3.39. The number of thioether (sulfide) groups is 1. The van der Waals surface area contributed by atoms with E-state index < -0.39 is 0 Å². The van der Waals surface area contributed by atoms with Crippen molar-refractivity contribution in [3.8, 4) is 0 Å². The van der Waals surface area contributed by atoms with E-state index in [1.54, 1.807) is 33.7 Å². The number of rotatable bonds is 6. The first-order chi connectivity index (χ1) is 13.2. The molecule has 0 saturated heterocycles. The molecular weight excluding hydrogens is 372 g/mol. The zero-order chi connectivity index (χ0) is 18.8. The van der Waals surface area contributed by atoms with Crippen LogP contribution in [-0.2, 0) is 25.8 Å². The van der Waals surface area contributed by atoms with E-state index in [1.165, 1.54) is 16.0 Å². The number of hydrogen-bond donors (Lipinski definition) is 0. The second-order valence-corrected chi connectivity index (χ2v) is 9.36. The normalized spacial score (nSPS) is 16.4. The standard InChI is InChI=1S/C22H24N2OS2/c1-3-12-24-21(25)19-17-10-9-15(2)14-18(17)27-20(19)23-22(24)26-13-11-16-7-5-4-6-8-16/h3-8,15H,1,9-14H2,2H3/t15-/m0/s1. The van der Waals surface area contributed by atoms with Crippen molar-refractivity contribution in [2.75, 3.05) is 5.75 Å². The lowest BCUT2D eigenvalue weighted by Gasteiger charge is -2.17. The third-order valence-corrected chi connectivity index (χ3v) is 7.28. The SMILES string of the molecule is C=CCn1c(SCCc2ccccc2)nc2sc3c(c2c1=O)CC[C@H](C)C3. The predicted molar refractivity (Wildman–Crippen MR) is 116 cm³/mol. The number of allylic oxidation sites excluding steroid dienone is 1. The van der Waals surface area contributed by atoms with Crippen LogP contribution in [0.2, 0.25) is 0 Å². The summed E-state index contributed by atoms with van der Waals surface area (Å²) < 4.78 is 1.80. The topological polar surface area (TPSA) is 34.9 Å². The summed E-state index contributed by atoms with van der Waals surface area (Å²) in [6, 6.07) is 10.4. The van der Waals surface area contributed by atoms with Gasteiger partial charge in [0.1, 0.15) is 4.83 Å². The Hall–Kier alpha value is -1.85. The summed E-state index contributed by atoms with van der Waals surface area (Å²) in [6.45, 7) is 6.64. The van der Waals surface area contributed by atoms with Gasteiger partial charge in [-0.1, -0.05) is 55.1 Å². The van der Waals surface area contributed by atoms with Gasteiger partial charge in [0.25, 0.3) is 5.56 Å². The van der Waals surface area contributed by atoms with Crippen LogP contribution in [0.1, 0.15) is 29.3 Å². The molecule has 1 atom stereocenters. The van der Waals surface area contributed by atoms with Crippen LogP contribution in [0, 0.1) is 5.92 Å². The van der Waals surface area contributed by atoms with Gasteiger partial charge in [-0.2, -0.15) is 0 Å². The highest BCUT2D eigenvalue weighted by Crippen LogP contribution is 2.36. The molecule has 0 N–H and O–H groups in total. The summed E-state index contributed by atoms with van der Waals surface area (Å²) in [5.74, 6) is 1.60. The molecule has 0 fully saturated rings. The Morgan fingerprint density at radius 3 is 2.96 bits per heavy atom. The number of fused-ring (bicyclic) bond motifs is 3. The Morgan fingerprint density at radius 2 is 2.19 bits per heavy atom. The molecule has 3 nitrogen and oxygen atoms in total. The van der Waals surface area contributed by atoms with Gasteiger partial charge in [-0.05, 0) is 42.7 Å². The molecule has 0 aliphatic heterocycles. The van der Waals surface area contributed by atoms with Crippen LogP contribution in [0.15, 0.2) is 52.9 Å². The van der Waals surface area contributed by atoms with Gasteiger partial charge in [0.05, 0.1) is 5.39 Å². The molecule has 0 radical (unpaired) electrons. The highest BCUT2D eigenvalue weighted by molar-refractivity contribution is 7.99. The van der Waals surface area contributed by atoms with Crippen molar-refractivity contribution < 1.29 is 0 Å². The van der Waals surface area contributed by atoms with E-state index in [4.69, 9.17) is 4.98 Å². The molecule has 4 rings (SSSR count). The van der Waals surface area contributed by atoms with Crippen molar-refractivity contribution in [3.63, 3.8) is 0 Å². The minimum atomic E-state index is 0.106. The number of nitrogens with zero attached hydrogens (tertiary/aromatic N) is 2. The molecule has 3 aromatic rings. The molecule has 1 aromatic carbocycles. The Labute approximate surface area is 168 Å². The molecule has 1 aliphatic carbocycles. The van der Waals surface area contributed by atoms with E-state index in [0.717, 1.165) is 46.8 Å². The van der Waals surface area contributed by atoms with Gasteiger partial charge in [0.2, 0.25) is 0 Å². The van der Waals surface area contributed by atoms with Crippen LogP contribution >= 0.6 is 23.1 Å². The smallest absolute Gasteiger partial charge is 0.263 e. The molecule has 2 aromatic heterocycles. The summed E-state index contributed by atoms with van der Waals surface area (Å²) in [6.07, 6.45) is 5.99. The molecule has 0 unspecified atom stereocenters. The predicted octanol–water partition coefficient (Wildman–Crippen LogP) is 5.10. The van der Waals surface area contributed by atoms with E-state index in [1.807, 2.05) is 6.07 Å². The van der Waals surface area contributed by atoms with Crippen molar-refractivity contribution in [1.29, 1.82) is 0 Å². The highest BCUT2D eigenvalue weighted by atomic mass is 32.2. The van der Waals surface area contributed by atoms with Crippen molar-refractivity contribution in [3.05, 3.63) is 69.3 Å². The zero-order valence-corrected chi connectivity index (χ0v) is 17.2. The molecule has 5 heteroatoms. The first-order valence-electron chi connectivity index (χ1n) is 9.50. The van der Waals surface area contributed by atoms with Gasteiger partial charge in [-0.25, -0.2) is 4.98 Å². The second kappa shape index (κ2) is 8.03. The maximum absolute atomic E-state index is 13.3. The molecular formula is C22H24N2OS2. The zero-order valence-electron chi connectivity index (χ0n) is 15.6. The van der Waals surface area contributed by atoms with E-state index >= 15 is 0 Å². The number of thiophene rings is 1. The lowest BCUT2D eigenvalue weighted by atomic mass is 9.89. The van der Waals surface area contributed by atoms with Gasteiger partial charge in [0, 0.05) is 17.2 Å². The third kappa shape index (κ3) is 3.76. The first kappa shape index (κ1) is 18.5. The van der Waals surface area contributed by atoms with Crippen LogP contribution in [0.25, 0.3) is 10.2 Å². The fourth-order valence-electron chi connectivity index (χ4n) is 3.71. The van der Waals surface area contributed by atoms with Gasteiger partial charge in [-0.3, -0.25) is 9.36 Å². The molecule has 0 spiro atoms. The van der Waals surface area contributed by atoms with Crippen LogP contribution in [0.4, 0.5) is 0 Å². The summed E-state index contributed by atoms with van der Waals surface area (Å²) in [7, 11) is 0. The van der Waals surface area contributed by atoms with Crippen molar-refractivity contribution in [1.82, 2.24) is 9.55 Å². The van der Waals surface area contributed by atoms with E-state index in [0.29, 0.717) is 12.5 Å². The average Bonchev–Trinajstić information content (AvgIpc) is 3.03. The Kier molecular flexibility index (Phi) is 5.50. The van der Waals surface area contributed by atoms with Gasteiger partial charge < -0.3 is 0 Å². The summed E-state index contributed by atoms with van der Waals surface area (Å²) in [5, 5.41) is 1.67. The molecule has 0 bridgehead atoms. The van der Waals surface area contributed by atoms with Crippen molar-refractivity contribution in [2.24, 2.45) is 5.92 Å². The lowest BCUT2D eigenvalue weighted by Crippen LogP contribution is -2.23. The lowest BCUT2D eigenvalue weighted by molar-refractivity contribution is 0.509. The van der Waals surface area contributed by atoms with Gasteiger partial charge in [-0.15, -0.1) is 17.9 Å². The fourth-order valence-corrected chi connectivity index (χ4v) is 6.13. The quantitative estimate of drug-likeness (QED) is 0.330. The van der Waals surface area contributed by atoms with E-state index in [9.17, 15) is 4.79 Å². The third-order valence-electron chi connectivity index (χ3n) is 5.16. The molecule has 2 heterocycles. The maximum atomic E-state index is 13.3. The van der Waals surface area contributed by atoms with Crippen molar-refractivity contribution >= 4 is 33.3 Å². The molecule has 0 saturated carbocycles. The fraction of sp³-hybridized carbons (Fsp3) is 0.364. The van der Waals surface area contributed by atoms with Crippen LogP contribution < -0.4 is 5.56 Å². The average molecular weight is 397 g/mol. The van der Waals surface area contributed by atoms with Crippen LogP contribution in [-0.4, -0.2) is 15.3 Å². The minimum absolute atomic E-state index is 0.106. The highest BCUT2D eigenvalue weighted by Gasteiger charge is 2.24. The maximum Gasteiger partial charge on any atom is 0.263 e.